The lowest BCUT2D eigenvalue weighted by Crippen LogP contribution is -2.27. The van der Waals surface area contributed by atoms with E-state index in [4.69, 9.17) is 0 Å². The van der Waals surface area contributed by atoms with Gasteiger partial charge in [0.15, 0.2) is 0 Å². The molecular weight excluding hydrogens is 314 g/mol. The SMILES string of the molecule is Cc1ccc(CCNC(=O)Cc2ccccc2Br)cc1. The second-order valence-electron chi connectivity index (χ2n) is 4.85. The van der Waals surface area contributed by atoms with E-state index in [0.717, 1.165) is 16.5 Å². The monoisotopic (exact) mass is 331 g/mol. The Morgan fingerprint density at radius 3 is 2.50 bits per heavy atom. The summed E-state index contributed by atoms with van der Waals surface area (Å²) in [5, 5.41) is 2.96. The average molecular weight is 332 g/mol. The molecule has 0 unspecified atom stereocenters. The highest BCUT2D eigenvalue weighted by molar-refractivity contribution is 9.10. The molecule has 0 fully saturated rings. The van der Waals surface area contributed by atoms with Crippen LogP contribution in [0, 0.1) is 6.92 Å². The van der Waals surface area contributed by atoms with Gasteiger partial charge in [-0.15, -0.1) is 0 Å². The summed E-state index contributed by atoms with van der Waals surface area (Å²) in [6.07, 6.45) is 1.28. The molecule has 2 aromatic carbocycles. The molecule has 3 heteroatoms. The summed E-state index contributed by atoms with van der Waals surface area (Å²) in [5.74, 6) is 0.0593. The van der Waals surface area contributed by atoms with Crippen LogP contribution in [0.25, 0.3) is 0 Å². The fraction of sp³-hybridized carbons (Fsp3) is 0.235. The second-order valence-corrected chi connectivity index (χ2v) is 5.71. The molecule has 0 atom stereocenters. The largest absolute Gasteiger partial charge is 0.355 e. The highest BCUT2D eigenvalue weighted by Crippen LogP contribution is 2.16. The molecule has 0 saturated carbocycles. The van der Waals surface area contributed by atoms with Gasteiger partial charge in [0.2, 0.25) is 5.91 Å². The highest BCUT2D eigenvalue weighted by atomic mass is 79.9. The number of carbonyl (C=O) groups excluding carboxylic acids is 1. The van der Waals surface area contributed by atoms with Crippen molar-refractivity contribution in [3.8, 4) is 0 Å². The minimum Gasteiger partial charge on any atom is -0.355 e. The lowest BCUT2D eigenvalue weighted by atomic mass is 10.1. The quantitative estimate of drug-likeness (QED) is 0.890. The van der Waals surface area contributed by atoms with Gasteiger partial charge in [-0.25, -0.2) is 0 Å². The minimum absolute atomic E-state index is 0.0593. The third kappa shape index (κ3) is 4.49. The van der Waals surface area contributed by atoms with E-state index in [1.807, 2.05) is 24.3 Å². The minimum atomic E-state index is 0.0593. The van der Waals surface area contributed by atoms with Crippen LogP contribution in [0.1, 0.15) is 16.7 Å². The number of carbonyl (C=O) groups is 1. The molecule has 1 amide bonds. The Labute approximate surface area is 128 Å². The molecule has 0 aliphatic heterocycles. The first kappa shape index (κ1) is 14.8. The first-order valence-electron chi connectivity index (χ1n) is 6.71. The van der Waals surface area contributed by atoms with Crippen molar-refractivity contribution in [1.29, 1.82) is 0 Å². The van der Waals surface area contributed by atoms with Crippen LogP contribution in [0.4, 0.5) is 0 Å². The maximum atomic E-state index is 11.9. The number of halogens is 1. The van der Waals surface area contributed by atoms with Crippen LogP contribution in [-0.2, 0) is 17.6 Å². The van der Waals surface area contributed by atoms with Gasteiger partial charge in [0.25, 0.3) is 0 Å². The van der Waals surface area contributed by atoms with Gasteiger partial charge in [0.05, 0.1) is 6.42 Å². The fourth-order valence-corrected chi connectivity index (χ4v) is 2.40. The summed E-state index contributed by atoms with van der Waals surface area (Å²) in [4.78, 5) is 11.9. The molecule has 0 aliphatic rings. The lowest BCUT2D eigenvalue weighted by molar-refractivity contribution is -0.120. The van der Waals surface area contributed by atoms with E-state index >= 15 is 0 Å². The molecule has 0 aliphatic carbocycles. The maximum Gasteiger partial charge on any atom is 0.224 e. The van der Waals surface area contributed by atoms with Crippen molar-refractivity contribution in [1.82, 2.24) is 5.32 Å². The molecule has 2 aromatic rings. The van der Waals surface area contributed by atoms with Crippen LogP contribution in [-0.4, -0.2) is 12.5 Å². The molecular formula is C17H18BrNO. The van der Waals surface area contributed by atoms with Crippen molar-refractivity contribution in [3.63, 3.8) is 0 Å². The van der Waals surface area contributed by atoms with Gasteiger partial charge in [-0.2, -0.15) is 0 Å². The molecule has 0 heterocycles. The Balaban J connectivity index is 1.78. The Morgan fingerprint density at radius 2 is 1.80 bits per heavy atom. The molecule has 0 aromatic heterocycles. The third-order valence-corrected chi connectivity index (χ3v) is 3.94. The molecule has 0 bridgehead atoms. The van der Waals surface area contributed by atoms with E-state index in [1.165, 1.54) is 11.1 Å². The summed E-state index contributed by atoms with van der Waals surface area (Å²) in [6.45, 7) is 2.75. The summed E-state index contributed by atoms with van der Waals surface area (Å²) >= 11 is 3.46. The lowest BCUT2D eigenvalue weighted by Gasteiger charge is -2.07. The molecule has 2 nitrogen and oxygen atoms in total. The van der Waals surface area contributed by atoms with Crippen molar-refractivity contribution in [2.24, 2.45) is 0 Å². The van der Waals surface area contributed by atoms with Crippen LogP contribution >= 0.6 is 15.9 Å². The smallest absolute Gasteiger partial charge is 0.224 e. The number of hydrogen-bond donors (Lipinski definition) is 1. The molecule has 0 spiro atoms. The van der Waals surface area contributed by atoms with E-state index in [9.17, 15) is 4.79 Å². The van der Waals surface area contributed by atoms with Crippen molar-refractivity contribution in [2.75, 3.05) is 6.54 Å². The molecule has 2 rings (SSSR count). The first-order valence-corrected chi connectivity index (χ1v) is 7.50. The molecule has 1 N–H and O–H groups in total. The van der Waals surface area contributed by atoms with Crippen LogP contribution < -0.4 is 5.32 Å². The Bertz CT molecular complexity index is 578. The molecule has 20 heavy (non-hydrogen) atoms. The zero-order valence-corrected chi connectivity index (χ0v) is 13.1. The van der Waals surface area contributed by atoms with Gasteiger partial charge < -0.3 is 5.32 Å². The predicted octanol–water partition coefficient (Wildman–Crippen LogP) is 3.66. The van der Waals surface area contributed by atoms with Crippen molar-refractivity contribution < 1.29 is 4.79 Å². The van der Waals surface area contributed by atoms with E-state index in [0.29, 0.717) is 13.0 Å². The second kappa shape index (κ2) is 7.25. The van der Waals surface area contributed by atoms with E-state index in [1.54, 1.807) is 0 Å². The van der Waals surface area contributed by atoms with Crippen LogP contribution in [0.2, 0.25) is 0 Å². The number of benzene rings is 2. The highest BCUT2D eigenvalue weighted by Gasteiger charge is 2.05. The number of amides is 1. The number of hydrogen-bond acceptors (Lipinski definition) is 1. The number of aryl methyl sites for hydroxylation is 1. The van der Waals surface area contributed by atoms with E-state index in [-0.39, 0.29) is 5.91 Å². The van der Waals surface area contributed by atoms with Crippen molar-refractivity contribution >= 4 is 21.8 Å². The normalized spacial score (nSPS) is 10.3. The van der Waals surface area contributed by atoms with Gasteiger partial charge in [-0.05, 0) is 30.5 Å². The van der Waals surface area contributed by atoms with Gasteiger partial charge >= 0.3 is 0 Å². The number of nitrogens with one attached hydrogen (secondary N) is 1. The van der Waals surface area contributed by atoms with Crippen molar-refractivity contribution in [3.05, 3.63) is 69.7 Å². The van der Waals surface area contributed by atoms with Gasteiger partial charge in [0.1, 0.15) is 0 Å². The van der Waals surface area contributed by atoms with Crippen molar-refractivity contribution in [2.45, 2.75) is 19.8 Å². The van der Waals surface area contributed by atoms with Crippen LogP contribution in [0.3, 0.4) is 0 Å². The molecule has 0 radical (unpaired) electrons. The summed E-state index contributed by atoms with van der Waals surface area (Å²) < 4.78 is 0.980. The van der Waals surface area contributed by atoms with E-state index in [2.05, 4.69) is 52.4 Å². The van der Waals surface area contributed by atoms with Crippen LogP contribution in [0.15, 0.2) is 53.0 Å². The summed E-state index contributed by atoms with van der Waals surface area (Å²) in [7, 11) is 0. The maximum absolute atomic E-state index is 11.9. The topological polar surface area (TPSA) is 29.1 Å². The zero-order chi connectivity index (χ0) is 14.4. The van der Waals surface area contributed by atoms with Gasteiger partial charge in [-0.1, -0.05) is 64.0 Å². The predicted molar refractivity (Wildman–Crippen MR) is 85.7 cm³/mol. The molecule has 104 valence electrons. The van der Waals surface area contributed by atoms with Gasteiger partial charge in [0, 0.05) is 11.0 Å². The summed E-state index contributed by atoms with van der Waals surface area (Å²) in [6, 6.07) is 16.2. The van der Waals surface area contributed by atoms with Crippen LogP contribution in [0.5, 0.6) is 0 Å². The summed E-state index contributed by atoms with van der Waals surface area (Å²) in [5.41, 5.74) is 3.52. The Hall–Kier alpha value is -1.61. The number of rotatable bonds is 5. The Morgan fingerprint density at radius 1 is 1.10 bits per heavy atom. The van der Waals surface area contributed by atoms with Gasteiger partial charge in [-0.3, -0.25) is 4.79 Å². The standard InChI is InChI=1S/C17H18BrNO/c1-13-6-8-14(9-7-13)10-11-19-17(20)12-15-4-2-3-5-16(15)18/h2-9H,10-12H2,1H3,(H,19,20). The first-order chi connectivity index (χ1) is 9.65. The zero-order valence-electron chi connectivity index (χ0n) is 11.5. The fourth-order valence-electron chi connectivity index (χ4n) is 1.98. The third-order valence-electron chi connectivity index (χ3n) is 3.17. The average Bonchev–Trinajstić information content (AvgIpc) is 2.44. The van der Waals surface area contributed by atoms with E-state index < -0.39 is 0 Å². The Kier molecular flexibility index (Phi) is 5.36. The molecule has 0 saturated heterocycles.